The normalized spacial score (nSPS) is 19.0. The Morgan fingerprint density at radius 2 is 0.802 bits per heavy atom. The molecular weight excluding hydrogens is 1070 g/mol. The number of aliphatic hydroxyl groups excluding tert-OH is 5. The van der Waals surface area contributed by atoms with Crippen LogP contribution in [0.1, 0.15) is 290 Å². The van der Waals surface area contributed by atoms with E-state index in [0.717, 1.165) is 141 Å². The van der Waals surface area contributed by atoms with Crippen LogP contribution in [0.25, 0.3) is 0 Å². The molecule has 1 aliphatic rings. The van der Waals surface area contributed by atoms with Crippen molar-refractivity contribution in [3.05, 3.63) is 109 Å². The average Bonchev–Trinajstić information content (AvgIpc) is 3.39. The van der Waals surface area contributed by atoms with Crippen LogP contribution in [-0.4, -0.2) is 99.6 Å². The van der Waals surface area contributed by atoms with Crippen molar-refractivity contribution in [2.75, 3.05) is 13.2 Å². The average molecular weight is 1200 g/mol. The Bertz CT molecular complexity index is 1820. The fourth-order valence-electron chi connectivity index (χ4n) is 10.3. The number of carbonyl (C=O) groups excluding carboxylic acids is 2. The molecule has 1 fully saturated rings. The highest BCUT2D eigenvalue weighted by atomic mass is 16.7. The zero-order valence-electron chi connectivity index (χ0n) is 54.9. The molecule has 0 radical (unpaired) electrons. The second kappa shape index (κ2) is 61.6. The zero-order valence-corrected chi connectivity index (χ0v) is 54.9. The summed E-state index contributed by atoms with van der Waals surface area (Å²) in [5.74, 6) is -1.22. The molecule has 8 unspecified atom stereocenters. The molecule has 1 saturated heterocycles. The first kappa shape index (κ1) is 80.3. The Morgan fingerprint density at radius 1 is 0.453 bits per heavy atom. The minimum atomic E-state index is -1.63. The summed E-state index contributed by atoms with van der Waals surface area (Å²) in [6.45, 7) is 5.73. The van der Waals surface area contributed by atoms with Crippen molar-refractivity contribution >= 4 is 11.9 Å². The van der Waals surface area contributed by atoms with Crippen LogP contribution in [0.15, 0.2) is 109 Å². The van der Waals surface area contributed by atoms with E-state index in [2.05, 4.69) is 123 Å². The molecule has 1 amide bonds. The topological polar surface area (TPSA) is 175 Å². The molecular formula is C75H129NO10. The highest BCUT2D eigenvalue weighted by Crippen LogP contribution is 2.26. The van der Waals surface area contributed by atoms with Gasteiger partial charge in [-0.2, -0.15) is 0 Å². The summed E-state index contributed by atoms with van der Waals surface area (Å²) >= 11 is 0. The first-order valence-electron chi connectivity index (χ1n) is 35.2. The summed E-state index contributed by atoms with van der Waals surface area (Å²) in [5, 5.41) is 57.2. The molecule has 1 aliphatic heterocycles. The first-order chi connectivity index (χ1) is 42.2. The lowest BCUT2D eigenvalue weighted by Crippen LogP contribution is -2.61. The van der Waals surface area contributed by atoms with Crippen molar-refractivity contribution in [2.45, 2.75) is 339 Å². The Balaban J connectivity index is 2.62. The smallest absolute Gasteiger partial charge is 0.306 e. The molecule has 0 aromatic heterocycles. The van der Waals surface area contributed by atoms with Gasteiger partial charge in [0.15, 0.2) is 12.4 Å². The summed E-state index contributed by atoms with van der Waals surface area (Å²) in [4.78, 5) is 26.7. The van der Waals surface area contributed by atoms with Gasteiger partial charge in [0.05, 0.1) is 25.4 Å². The van der Waals surface area contributed by atoms with Crippen molar-refractivity contribution in [3.63, 3.8) is 0 Å². The predicted octanol–water partition coefficient (Wildman–Crippen LogP) is 18.0. The largest absolute Gasteiger partial charge is 0.454 e. The maximum Gasteiger partial charge on any atom is 0.306 e. The maximum absolute atomic E-state index is 13.5. The summed E-state index contributed by atoms with van der Waals surface area (Å²) in [7, 11) is 0. The van der Waals surface area contributed by atoms with Gasteiger partial charge < -0.3 is 45.1 Å². The van der Waals surface area contributed by atoms with E-state index in [1.165, 1.54) is 103 Å². The van der Waals surface area contributed by atoms with Gasteiger partial charge in [-0.25, -0.2) is 0 Å². The molecule has 86 heavy (non-hydrogen) atoms. The van der Waals surface area contributed by atoms with E-state index in [-0.39, 0.29) is 19.4 Å². The van der Waals surface area contributed by atoms with E-state index < -0.39 is 67.4 Å². The molecule has 6 N–H and O–H groups in total. The molecule has 11 nitrogen and oxygen atoms in total. The standard InChI is InChI=1S/C75H129NO10/c1-4-7-10-13-16-19-22-25-27-29-31-33-35-37-39-41-43-45-48-51-54-57-60-63-70(80)86-73-72(82)71(81)69(64-77)85-75(73)84-65-66(67(78)61-58-55-52-49-46-24-21-18-15-12-9-6-3)76-74(83)68(79)62-59-56-53-50-47-44-42-40-38-36-34-32-30-28-26-23-20-17-14-11-8-5-2/h16-17,19-20,25-28,31-34,37-40,58,61,66-69,71-73,75,77-79,81-82H,4-15,18,21-24,29-30,35-36,41-57,59-60,62-65H2,1-3H3,(H,76,83)/b19-16-,20-17-,27-25-,28-26-,33-31-,34-32-,39-37-,40-38-,61-58+. The van der Waals surface area contributed by atoms with Crippen LogP contribution in [0.2, 0.25) is 0 Å². The van der Waals surface area contributed by atoms with Crippen LogP contribution in [0.4, 0.5) is 0 Å². The van der Waals surface area contributed by atoms with Gasteiger partial charge in [0.25, 0.3) is 0 Å². The highest BCUT2D eigenvalue weighted by Gasteiger charge is 2.47. The molecule has 1 rings (SSSR count). The number of hydrogen-bond acceptors (Lipinski definition) is 10. The van der Waals surface area contributed by atoms with E-state index >= 15 is 0 Å². The third-order valence-corrected chi connectivity index (χ3v) is 15.9. The second-order valence-corrected chi connectivity index (χ2v) is 23.9. The lowest BCUT2D eigenvalue weighted by Gasteiger charge is -2.41. The van der Waals surface area contributed by atoms with Crippen LogP contribution < -0.4 is 5.32 Å². The van der Waals surface area contributed by atoms with Gasteiger partial charge >= 0.3 is 5.97 Å². The number of amides is 1. The van der Waals surface area contributed by atoms with E-state index in [9.17, 15) is 35.1 Å². The van der Waals surface area contributed by atoms with Crippen molar-refractivity contribution in [2.24, 2.45) is 0 Å². The van der Waals surface area contributed by atoms with E-state index in [0.29, 0.717) is 12.8 Å². The van der Waals surface area contributed by atoms with E-state index in [1.54, 1.807) is 6.08 Å². The molecule has 0 spiro atoms. The van der Waals surface area contributed by atoms with Crippen LogP contribution in [0.5, 0.6) is 0 Å². The maximum atomic E-state index is 13.5. The van der Waals surface area contributed by atoms with Gasteiger partial charge in [0, 0.05) is 6.42 Å². The van der Waals surface area contributed by atoms with E-state index in [4.69, 9.17) is 14.2 Å². The van der Waals surface area contributed by atoms with Crippen molar-refractivity contribution < 1.29 is 49.3 Å². The van der Waals surface area contributed by atoms with Crippen LogP contribution >= 0.6 is 0 Å². The highest BCUT2D eigenvalue weighted by molar-refractivity contribution is 5.80. The number of allylic oxidation sites excluding steroid dienone is 17. The summed E-state index contributed by atoms with van der Waals surface area (Å²) in [5.41, 5.74) is 0. The Labute approximate surface area is 526 Å². The summed E-state index contributed by atoms with van der Waals surface area (Å²) < 4.78 is 17.7. The number of carbonyl (C=O) groups is 2. The molecule has 0 aromatic rings. The third-order valence-electron chi connectivity index (χ3n) is 15.9. The number of esters is 1. The molecule has 11 heteroatoms. The molecule has 8 atom stereocenters. The lowest BCUT2D eigenvalue weighted by molar-refractivity contribution is -0.305. The number of nitrogens with one attached hydrogen (secondary N) is 1. The van der Waals surface area contributed by atoms with Gasteiger partial charge in [-0.1, -0.05) is 278 Å². The number of rotatable bonds is 59. The van der Waals surface area contributed by atoms with Gasteiger partial charge in [-0.3, -0.25) is 9.59 Å². The Morgan fingerprint density at radius 3 is 1.22 bits per heavy atom. The predicted molar refractivity (Wildman–Crippen MR) is 361 cm³/mol. The van der Waals surface area contributed by atoms with Gasteiger partial charge in [-0.05, 0) is 116 Å². The van der Waals surface area contributed by atoms with Gasteiger partial charge in [0.1, 0.15) is 24.4 Å². The number of hydrogen-bond donors (Lipinski definition) is 6. The lowest BCUT2D eigenvalue weighted by atomic mass is 9.99. The Hall–Kier alpha value is -3.68. The summed E-state index contributed by atoms with van der Waals surface area (Å²) in [6, 6.07) is -1.04. The van der Waals surface area contributed by atoms with Crippen molar-refractivity contribution in [3.8, 4) is 0 Å². The molecule has 494 valence electrons. The van der Waals surface area contributed by atoms with Crippen LogP contribution in [0.3, 0.4) is 0 Å². The number of ether oxygens (including phenoxy) is 3. The zero-order chi connectivity index (χ0) is 62.4. The van der Waals surface area contributed by atoms with Gasteiger partial charge in [0.2, 0.25) is 5.91 Å². The fraction of sp³-hybridized carbons (Fsp3) is 0.733. The molecule has 0 bridgehead atoms. The van der Waals surface area contributed by atoms with Crippen molar-refractivity contribution in [1.82, 2.24) is 5.32 Å². The first-order valence-corrected chi connectivity index (χ1v) is 35.2. The third kappa shape index (κ3) is 48.3. The molecule has 0 aliphatic carbocycles. The van der Waals surface area contributed by atoms with Gasteiger partial charge in [-0.15, -0.1) is 0 Å². The minimum absolute atomic E-state index is 0.105. The molecule has 1 heterocycles. The number of unbranched alkanes of at least 4 members (excludes halogenated alkanes) is 29. The Kier molecular flexibility index (Phi) is 57.5. The van der Waals surface area contributed by atoms with Crippen LogP contribution in [-0.2, 0) is 23.8 Å². The fourth-order valence-corrected chi connectivity index (χ4v) is 10.3. The summed E-state index contributed by atoms with van der Waals surface area (Å²) in [6.07, 6.45) is 74.0. The number of aliphatic hydroxyl groups is 5. The molecule has 0 saturated carbocycles. The second-order valence-electron chi connectivity index (χ2n) is 23.9. The molecule has 0 aromatic carbocycles. The van der Waals surface area contributed by atoms with Crippen LogP contribution in [0, 0.1) is 0 Å². The SMILES string of the molecule is CCCCC/C=C\C/C=C\C/C=C\C/C=C\CCCCCCCCCC(=O)OC1C(OCC(NC(=O)C(O)CCCCCCCC/C=C\C/C=C\C/C=C\C/C=C\CCCCC)C(O)/C=C/CCCCCCCCCCCC)OC(CO)C(O)C1O. The van der Waals surface area contributed by atoms with Crippen molar-refractivity contribution in [1.29, 1.82) is 0 Å². The monoisotopic (exact) mass is 1200 g/mol. The minimum Gasteiger partial charge on any atom is -0.454 e. The van der Waals surface area contributed by atoms with E-state index in [1.807, 2.05) is 6.08 Å². The quantitative estimate of drug-likeness (QED) is 0.0195.